The molecule has 0 radical (unpaired) electrons. The molecule has 9 rings (SSSR count). The largest absolute Gasteiger partial charge is 0.277 e. The third-order valence-electron chi connectivity index (χ3n) is 9.48. The lowest BCUT2D eigenvalue weighted by atomic mass is 9.82. The Morgan fingerprint density at radius 2 is 1.07 bits per heavy atom. The van der Waals surface area contributed by atoms with Gasteiger partial charge < -0.3 is 0 Å². The van der Waals surface area contributed by atoms with Gasteiger partial charge in [0.2, 0.25) is 5.95 Å². The molecule has 0 spiro atoms. The first-order valence-corrected chi connectivity index (χ1v) is 15.7. The molecule has 8 aromatic rings. The van der Waals surface area contributed by atoms with Crippen LogP contribution < -0.4 is 0 Å². The van der Waals surface area contributed by atoms with Crippen molar-refractivity contribution in [3.63, 3.8) is 0 Å². The molecule has 0 atom stereocenters. The second-order valence-electron chi connectivity index (χ2n) is 12.5. The van der Waals surface area contributed by atoms with Gasteiger partial charge in [-0.3, -0.25) is 4.57 Å². The Morgan fingerprint density at radius 3 is 1.87 bits per heavy atom. The second-order valence-corrected chi connectivity index (χ2v) is 12.5. The first kappa shape index (κ1) is 26.5. The molecule has 1 aliphatic rings. The summed E-state index contributed by atoms with van der Waals surface area (Å²) in [4.78, 5) is 15.6. The standard InChI is InChI=1S/C42H30N4/c1-42(2)35-22-11-9-18-31(35)32-25-24-29(26-36(32)42)40-43-39(28-16-7-4-8-17-28)44-41(45-40)46-37-23-12-10-19-33(37)34-21-13-20-30(38(34)46)27-14-5-3-6-15-27/h3-26H,1-2H3. The van der Waals surface area contributed by atoms with E-state index >= 15 is 0 Å². The molecule has 0 bridgehead atoms. The number of aromatic nitrogens is 4. The highest BCUT2D eigenvalue weighted by Gasteiger charge is 2.35. The fourth-order valence-corrected chi connectivity index (χ4v) is 7.23. The van der Waals surface area contributed by atoms with Crippen LogP contribution in [-0.2, 0) is 5.41 Å². The van der Waals surface area contributed by atoms with Crippen molar-refractivity contribution in [2.24, 2.45) is 0 Å². The van der Waals surface area contributed by atoms with Gasteiger partial charge in [0, 0.05) is 32.9 Å². The van der Waals surface area contributed by atoms with E-state index in [1.807, 2.05) is 18.2 Å². The number of rotatable bonds is 4. The van der Waals surface area contributed by atoms with E-state index in [-0.39, 0.29) is 5.41 Å². The van der Waals surface area contributed by atoms with Crippen LogP contribution >= 0.6 is 0 Å². The summed E-state index contributed by atoms with van der Waals surface area (Å²) in [5.41, 5.74) is 11.4. The first-order valence-electron chi connectivity index (χ1n) is 15.7. The zero-order valence-electron chi connectivity index (χ0n) is 25.6. The lowest BCUT2D eigenvalue weighted by Gasteiger charge is -2.21. The van der Waals surface area contributed by atoms with Crippen LogP contribution in [-0.4, -0.2) is 19.5 Å². The van der Waals surface area contributed by atoms with E-state index in [9.17, 15) is 0 Å². The van der Waals surface area contributed by atoms with E-state index in [1.165, 1.54) is 22.3 Å². The molecule has 0 N–H and O–H groups in total. The van der Waals surface area contributed by atoms with Crippen molar-refractivity contribution >= 4 is 21.8 Å². The Kier molecular flexibility index (Phi) is 5.81. The van der Waals surface area contributed by atoms with E-state index < -0.39 is 0 Å². The monoisotopic (exact) mass is 590 g/mol. The average molecular weight is 591 g/mol. The van der Waals surface area contributed by atoms with E-state index in [4.69, 9.17) is 15.0 Å². The SMILES string of the molecule is CC1(C)c2ccccc2-c2ccc(-c3nc(-c4ccccc4)nc(-n4c5ccccc5c5cccc(-c6ccccc6)c54)n3)cc21. The quantitative estimate of drug-likeness (QED) is 0.205. The molecule has 1 aliphatic carbocycles. The molecular weight excluding hydrogens is 560 g/mol. The molecule has 0 amide bonds. The maximum atomic E-state index is 5.27. The van der Waals surface area contributed by atoms with Gasteiger partial charge in [-0.15, -0.1) is 0 Å². The second kappa shape index (κ2) is 10.1. The number of nitrogens with zero attached hydrogens (tertiary/aromatic N) is 4. The van der Waals surface area contributed by atoms with Crippen LogP contribution in [0.1, 0.15) is 25.0 Å². The van der Waals surface area contributed by atoms with Crippen LogP contribution in [0.2, 0.25) is 0 Å². The summed E-state index contributed by atoms with van der Waals surface area (Å²) in [5, 5.41) is 2.33. The van der Waals surface area contributed by atoms with Crippen LogP contribution in [0.5, 0.6) is 0 Å². The van der Waals surface area contributed by atoms with Crippen LogP contribution in [0, 0.1) is 0 Å². The molecule has 2 aromatic heterocycles. The van der Waals surface area contributed by atoms with Gasteiger partial charge >= 0.3 is 0 Å². The summed E-state index contributed by atoms with van der Waals surface area (Å²) in [6.45, 7) is 4.61. The molecule has 2 heterocycles. The Hall–Kier alpha value is -5.87. The summed E-state index contributed by atoms with van der Waals surface area (Å²) in [6, 6.07) is 51.2. The van der Waals surface area contributed by atoms with Crippen molar-refractivity contribution in [2.45, 2.75) is 19.3 Å². The molecule has 0 unspecified atom stereocenters. The summed E-state index contributed by atoms with van der Waals surface area (Å²) in [5.74, 6) is 1.90. The molecule has 4 nitrogen and oxygen atoms in total. The molecule has 4 heteroatoms. The third-order valence-corrected chi connectivity index (χ3v) is 9.48. The molecule has 6 aromatic carbocycles. The summed E-state index contributed by atoms with van der Waals surface area (Å²) < 4.78 is 2.22. The molecular formula is C42H30N4. The fraction of sp³-hybridized carbons (Fsp3) is 0.0714. The normalized spacial score (nSPS) is 13.2. The van der Waals surface area contributed by atoms with Crippen molar-refractivity contribution in [3.8, 4) is 51.0 Å². The number of fused-ring (bicyclic) bond motifs is 6. The van der Waals surface area contributed by atoms with Gasteiger partial charge in [0.1, 0.15) is 0 Å². The lowest BCUT2D eigenvalue weighted by molar-refractivity contribution is 0.660. The summed E-state index contributed by atoms with van der Waals surface area (Å²) >= 11 is 0. The smallest absolute Gasteiger partial charge is 0.238 e. The Bertz CT molecular complexity index is 2440. The first-order chi connectivity index (χ1) is 22.6. The molecule has 0 saturated heterocycles. The Labute approximate surface area is 267 Å². The van der Waals surface area contributed by atoms with Crippen LogP contribution in [0.25, 0.3) is 72.8 Å². The van der Waals surface area contributed by atoms with Crippen molar-refractivity contribution in [1.29, 1.82) is 0 Å². The van der Waals surface area contributed by atoms with Crippen molar-refractivity contribution in [1.82, 2.24) is 19.5 Å². The maximum absolute atomic E-state index is 5.27. The van der Waals surface area contributed by atoms with Gasteiger partial charge in [-0.1, -0.05) is 147 Å². The van der Waals surface area contributed by atoms with E-state index in [2.05, 4.69) is 146 Å². The minimum Gasteiger partial charge on any atom is -0.277 e. The molecule has 0 fully saturated rings. The molecule has 0 saturated carbocycles. The minimum atomic E-state index is -0.128. The number of benzene rings is 6. The van der Waals surface area contributed by atoms with Crippen LogP contribution in [0.4, 0.5) is 0 Å². The predicted octanol–water partition coefficient (Wildman–Crippen LogP) is 10.3. The zero-order chi connectivity index (χ0) is 30.8. The maximum Gasteiger partial charge on any atom is 0.238 e. The lowest BCUT2D eigenvalue weighted by Crippen LogP contribution is -2.15. The average Bonchev–Trinajstić information content (AvgIpc) is 3.57. The van der Waals surface area contributed by atoms with Gasteiger partial charge in [0.05, 0.1) is 11.0 Å². The number of hydrogen-bond donors (Lipinski definition) is 0. The predicted molar refractivity (Wildman–Crippen MR) is 188 cm³/mol. The van der Waals surface area contributed by atoms with Crippen LogP contribution in [0.3, 0.4) is 0 Å². The van der Waals surface area contributed by atoms with Crippen molar-refractivity contribution in [3.05, 3.63) is 157 Å². The molecule has 218 valence electrons. The van der Waals surface area contributed by atoms with Gasteiger partial charge in [-0.25, -0.2) is 4.98 Å². The van der Waals surface area contributed by atoms with E-state index in [0.717, 1.165) is 44.1 Å². The highest BCUT2D eigenvalue weighted by molar-refractivity contribution is 6.13. The zero-order valence-corrected chi connectivity index (χ0v) is 25.6. The third kappa shape index (κ3) is 3.97. The van der Waals surface area contributed by atoms with Gasteiger partial charge in [-0.2, -0.15) is 9.97 Å². The summed E-state index contributed by atoms with van der Waals surface area (Å²) in [6.07, 6.45) is 0. The minimum absolute atomic E-state index is 0.128. The Balaban J connectivity index is 1.33. The van der Waals surface area contributed by atoms with E-state index in [1.54, 1.807) is 0 Å². The number of para-hydroxylation sites is 2. The Morgan fingerprint density at radius 1 is 0.457 bits per heavy atom. The van der Waals surface area contributed by atoms with Gasteiger partial charge in [0.15, 0.2) is 11.6 Å². The van der Waals surface area contributed by atoms with Crippen molar-refractivity contribution < 1.29 is 0 Å². The number of hydrogen-bond acceptors (Lipinski definition) is 3. The fourth-order valence-electron chi connectivity index (χ4n) is 7.23. The highest BCUT2D eigenvalue weighted by Crippen LogP contribution is 2.49. The molecule has 0 aliphatic heterocycles. The van der Waals surface area contributed by atoms with Gasteiger partial charge in [0.25, 0.3) is 0 Å². The van der Waals surface area contributed by atoms with Gasteiger partial charge in [-0.05, 0) is 39.9 Å². The topological polar surface area (TPSA) is 43.6 Å². The van der Waals surface area contributed by atoms with Crippen molar-refractivity contribution in [2.75, 3.05) is 0 Å². The highest BCUT2D eigenvalue weighted by atomic mass is 15.2. The molecule has 46 heavy (non-hydrogen) atoms. The summed E-state index contributed by atoms with van der Waals surface area (Å²) in [7, 11) is 0. The van der Waals surface area contributed by atoms with Crippen LogP contribution in [0.15, 0.2) is 146 Å². The van der Waals surface area contributed by atoms with E-state index in [0.29, 0.717) is 17.6 Å².